The van der Waals surface area contributed by atoms with E-state index >= 15 is 0 Å². The van der Waals surface area contributed by atoms with Gasteiger partial charge in [-0.2, -0.15) is 0 Å². The summed E-state index contributed by atoms with van der Waals surface area (Å²) in [6, 6.07) is 14.3. The van der Waals surface area contributed by atoms with Crippen LogP contribution in [0.2, 0.25) is 0 Å². The third-order valence-electron chi connectivity index (χ3n) is 4.71. The van der Waals surface area contributed by atoms with Crippen molar-refractivity contribution in [1.29, 1.82) is 0 Å². The summed E-state index contributed by atoms with van der Waals surface area (Å²) in [6.45, 7) is 6.21. The molecule has 3 aromatic rings. The Hall–Kier alpha value is -2.37. The number of nitrogens with one attached hydrogen (secondary N) is 1. The first-order valence-corrected chi connectivity index (χ1v) is 8.93. The van der Waals surface area contributed by atoms with Crippen molar-refractivity contribution in [3.8, 4) is 11.4 Å². The van der Waals surface area contributed by atoms with Gasteiger partial charge in [0, 0.05) is 37.1 Å². The van der Waals surface area contributed by atoms with E-state index in [-0.39, 0.29) is 0 Å². The highest BCUT2D eigenvalue weighted by Gasteiger charge is 2.16. The lowest BCUT2D eigenvalue weighted by atomic mass is 10.2. The molecule has 1 fully saturated rings. The first kappa shape index (κ1) is 16.1. The molecule has 5 nitrogen and oxygen atoms in total. The molecule has 25 heavy (non-hydrogen) atoms. The normalized spacial score (nSPS) is 16.8. The third kappa shape index (κ3) is 4.18. The molecule has 4 rings (SSSR count). The molecule has 1 N–H and O–H groups in total. The van der Waals surface area contributed by atoms with Crippen molar-refractivity contribution in [2.24, 2.45) is 0 Å². The van der Waals surface area contributed by atoms with Crippen molar-refractivity contribution in [2.45, 2.75) is 19.5 Å². The monoisotopic (exact) mass is 336 g/mol. The topological polar surface area (TPSA) is 48.3 Å². The van der Waals surface area contributed by atoms with E-state index in [1.54, 1.807) is 6.26 Å². The minimum absolute atomic E-state index is 0.906. The van der Waals surface area contributed by atoms with E-state index < -0.39 is 0 Å². The zero-order chi connectivity index (χ0) is 16.9. The summed E-state index contributed by atoms with van der Waals surface area (Å²) in [5, 5.41) is 0. The van der Waals surface area contributed by atoms with Crippen LogP contribution in [0.15, 0.2) is 59.3 Å². The zero-order valence-electron chi connectivity index (χ0n) is 14.4. The Kier molecular flexibility index (Phi) is 4.95. The van der Waals surface area contributed by atoms with E-state index in [2.05, 4.69) is 38.0 Å². The van der Waals surface area contributed by atoms with Gasteiger partial charge < -0.3 is 9.40 Å². The van der Waals surface area contributed by atoms with Gasteiger partial charge in [0.25, 0.3) is 0 Å². The van der Waals surface area contributed by atoms with Gasteiger partial charge in [0.15, 0.2) is 0 Å². The van der Waals surface area contributed by atoms with Crippen molar-refractivity contribution < 1.29 is 4.42 Å². The second kappa shape index (κ2) is 7.68. The fraction of sp³-hybridized carbons (Fsp3) is 0.350. The molecule has 3 heterocycles. The maximum Gasteiger partial charge on any atom is 0.137 e. The maximum atomic E-state index is 5.48. The summed E-state index contributed by atoms with van der Waals surface area (Å²) in [7, 11) is 0. The molecule has 1 aliphatic rings. The Labute approximate surface area is 148 Å². The number of hydrogen-bond acceptors (Lipinski definition) is 4. The molecule has 2 aromatic heterocycles. The number of H-pyrrole nitrogens is 1. The maximum absolute atomic E-state index is 5.48. The average molecular weight is 336 g/mol. The summed E-state index contributed by atoms with van der Waals surface area (Å²) >= 11 is 0. The van der Waals surface area contributed by atoms with Crippen molar-refractivity contribution in [2.75, 3.05) is 26.2 Å². The molecule has 130 valence electrons. The molecule has 0 saturated carbocycles. The smallest absolute Gasteiger partial charge is 0.137 e. The van der Waals surface area contributed by atoms with Crippen LogP contribution in [-0.4, -0.2) is 45.9 Å². The van der Waals surface area contributed by atoms with Crippen LogP contribution in [0.4, 0.5) is 0 Å². The lowest BCUT2D eigenvalue weighted by molar-refractivity contribution is 0.233. The number of nitrogens with zero attached hydrogens (tertiary/aromatic N) is 3. The first-order valence-electron chi connectivity index (χ1n) is 8.93. The molecule has 0 amide bonds. The molecule has 5 heteroatoms. The summed E-state index contributed by atoms with van der Waals surface area (Å²) in [5.74, 6) is 2.00. The van der Waals surface area contributed by atoms with Gasteiger partial charge in [0.2, 0.25) is 0 Å². The molecular formula is C20H24N4O. The minimum Gasteiger partial charge on any atom is -0.468 e. The first-order chi connectivity index (χ1) is 12.4. The third-order valence-corrected chi connectivity index (χ3v) is 4.71. The quantitative estimate of drug-likeness (QED) is 0.776. The molecular weight excluding hydrogens is 312 g/mol. The Morgan fingerprint density at radius 3 is 2.48 bits per heavy atom. The summed E-state index contributed by atoms with van der Waals surface area (Å²) in [6.07, 6.45) is 4.90. The second-order valence-corrected chi connectivity index (χ2v) is 6.61. The fourth-order valence-electron chi connectivity index (χ4n) is 3.39. The van der Waals surface area contributed by atoms with E-state index in [4.69, 9.17) is 4.42 Å². The Morgan fingerprint density at radius 2 is 1.72 bits per heavy atom. The number of aromatic nitrogens is 2. The largest absolute Gasteiger partial charge is 0.468 e. The van der Waals surface area contributed by atoms with Crippen LogP contribution >= 0.6 is 0 Å². The number of benzene rings is 1. The molecule has 0 aliphatic carbocycles. The van der Waals surface area contributed by atoms with Crippen LogP contribution in [0.5, 0.6) is 0 Å². The van der Waals surface area contributed by atoms with E-state index in [1.807, 2.05) is 30.5 Å². The van der Waals surface area contributed by atoms with Crippen LogP contribution in [0.1, 0.15) is 17.9 Å². The van der Waals surface area contributed by atoms with Crippen molar-refractivity contribution in [3.63, 3.8) is 0 Å². The van der Waals surface area contributed by atoms with Crippen LogP contribution in [0.25, 0.3) is 11.4 Å². The Bertz CT molecular complexity index is 766. The van der Waals surface area contributed by atoms with Gasteiger partial charge in [-0.1, -0.05) is 30.3 Å². The SMILES string of the molecule is c1ccc(-c2ncc(CN3CCCN(Cc4ccco4)CC3)[nH]2)cc1. The van der Waals surface area contributed by atoms with Gasteiger partial charge in [0.05, 0.1) is 12.8 Å². The number of imidazole rings is 1. The predicted molar refractivity (Wildman–Crippen MR) is 97.9 cm³/mol. The molecule has 0 unspecified atom stereocenters. The summed E-state index contributed by atoms with van der Waals surface area (Å²) in [5.41, 5.74) is 2.31. The number of furan rings is 1. The number of rotatable bonds is 5. The standard InChI is InChI=1S/C20H24N4O/c1-2-6-17(7-3-1)20-21-14-18(22-20)15-23-9-5-10-24(12-11-23)16-19-8-4-13-25-19/h1-4,6-8,13-14H,5,9-12,15-16H2,(H,21,22). The zero-order valence-corrected chi connectivity index (χ0v) is 14.4. The fourth-order valence-corrected chi connectivity index (χ4v) is 3.39. The van der Waals surface area contributed by atoms with Crippen LogP contribution in [0, 0.1) is 0 Å². The van der Waals surface area contributed by atoms with Gasteiger partial charge in [-0.3, -0.25) is 9.80 Å². The minimum atomic E-state index is 0.906. The van der Waals surface area contributed by atoms with Crippen molar-refractivity contribution >= 4 is 0 Å². The summed E-state index contributed by atoms with van der Waals surface area (Å²) in [4.78, 5) is 13.0. The van der Waals surface area contributed by atoms with Crippen LogP contribution in [0.3, 0.4) is 0 Å². The van der Waals surface area contributed by atoms with Crippen molar-refractivity contribution in [3.05, 3.63) is 66.4 Å². The van der Waals surface area contributed by atoms with E-state index in [0.717, 1.165) is 56.4 Å². The van der Waals surface area contributed by atoms with Crippen LogP contribution in [-0.2, 0) is 13.1 Å². The molecule has 1 aliphatic heterocycles. The highest BCUT2D eigenvalue weighted by atomic mass is 16.3. The van der Waals surface area contributed by atoms with E-state index in [1.165, 1.54) is 12.1 Å². The number of aromatic amines is 1. The molecule has 0 bridgehead atoms. The molecule has 1 saturated heterocycles. The second-order valence-electron chi connectivity index (χ2n) is 6.61. The van der Waals surface area contributed by atoms with Crippen LogP contribution < -0.4 is 0 Å². The highest BCUT2D eigenvalue weighted by Crippen LogP contribution is 2.16. The van der Waals surface area contributed by atoms with Gasteiger partial charge in [-0.25, -0.2) is 4.98 Å². The summed E-state index contributed by atoms with van der Waals surface area (Å²) < 4.78 is 5.48. The predicted octanol–water partition coefficient (Wildman–Crippen LogP) is 3.38. The highest BCUT2D eigenvalue weighted by molar-refractivity contribution is 5.54. The van der Waals surface area contributed by atoms with Gasteiger partial charge in [0.1, 0.15) is 11.6 Å². The average Bonchev–Trinajstić information content (AvgIpc) is 3.27. The molecule has 0 spiro atoms. The lowest BCUT2D eigenvalue weighted by Gasteiger charge is -2.20. The van der Waals surface area contributed by atoms with Gasteiger partial charge >= 0.3 is 0 Å². The van der Waals surface area contributed by atoms with Gasteiger partial charge in [-0.05, 0) is 31.6 Å². The number of hydrogen-bond donors (Lipinski definition) is 1. The molecule has 0 radical (unpaired) electrons. The lowest BCUT2D eigenvalue weighted by Crippen LogP contribution is -2.30. The van der Waals surface area contributed by atoms with Gasteiger partial charge in [-0.15, -0.1) is 0 Å². The van der Waals surface area contributed by atoms with E-state index in [9.17, 15) is 0 Å². The Morgan fingerprint density at radius 1 is 0.920 bits per heavy atom. The Balaban J connectivity index is 1.33. The molecule has 1 aromatic carbocycles. The van der Waals surface area contributed by atoms with E-state index in [0.29, 0.717) is 0 Å². The molecule has 0 atom stereocenters. The van der Waals surface area contributed by atoms with Crippen molar-refractivity contribution in [1.82, 2.24) is 19.8 Å².